The van der Waals surface area contributed by atoms with Crippen molar-refractivity contribution < 1.29 is 0 Å². The van der Waals surface area contributed by atoms with Crippen LogP contribution < -0.4 is 5.56 Å². The minimum absolute atomic E-state index is 0. The molecule has 0 aliphatic rings. The van der Waals surface area contributed by atoms with E-state index in [2.05, 4.69) is 9.97 Å². The molecule has 0 unspecified atom stereocenters. The predicted molar refractivity (Wildman–Crippen MR) is 109 cm³/mol. The molecular weight excluding hydrogens is 360 g/mol. The van der Waals surface area contributed by atoms with Crippen molar-refractivity contribution >= 4 is 29.0 Å². The zero-order valence-electron chi connectivity index (χ0n) is 14.2. The number of benzene rings is 2. The highest BCUT2D eigenvalue weighted by atomic mass is 35.5. The van der Waals surface area contributed by atoms with E-state index < -0.39 is 0 Å². The standard InChI is InChI=1S/C21H14N4O.ClH/c26-21-19-18(14-8-2-1-3-9-14)24-20(16-11-6-7-13-22-16)25(19)17-12-5-4-10-15(17)23-21;/h1-13H,(H,23,26);1H. The molecule has 0 radical (unpaired) electrons. The van der Waals surface area contributed by atoms with Crippen LogP contribution in [0, 0.1) is 0 Å². The average molecular weight is 375 g/mol. The molecule has 1 N–H and O–H groups in total. The number of hydrogen-bond acceptors (Lipinski definition) is 3. The van der Waals surface area contributed by atoms with Crippen molar-refractivity contribution in [2.45, 2.75) is 0 Å². The third-order valence-electron chi connectivity index (χ3n) is 4.43. The van der Waals surface area contributed by atoms with E-state index in [1.165, 1.54) is 0 Å². The molecule has 6 heteroatoms. The molecule has 0 saturated heterocycles. The number of hydrogen-bond donors (Lipinski definition) is 1. The third-order valence-corrected chi connectivity index (χ3v) is 4.43. The summed E-state index contributed by atoms with van der Waals surface area (Å²) in [6.45, 7) is 0. The van der Waals surface area contributed by atoms with E-state index in [1.807, 2.05) is 77.2 Å². The van der Waals surface area contributed by atoms with Gasteiger partial charge in [-0.15, -0.1) is 12.4 Å². The van der Waals surface area contributed by atoms with E-state index in [0.717, 1.165) is 22.3 Å². The van der Waals surface area contributed by atoms with Crippen molar-refractivity contribution in [3.05, 3.63) is 89.3 Å². The third kappa shape index (κ3) is 2.69. The lowest BCUT2D eigenvalue weighted by Crippen LogP contribution is -2.11. The Bertz CT molecular complexity index is 1290. The van der Waals surface area contributed by atoms with Crippen LogP contribution in [0.15, 0.2) is 83.8 Å². The van der Waals surface area contributed by atoms with Crippen molar-refractivity contribution in [3.63, 3.8) is 0 Å². The Labute approximate surface area is 160 Å². The van der Waals surface area contributed by atoms with E-state index in [0.29, 0.717) is 17.0 Å². The highest BCUT2D eigenvalue weighted by molar-refractivity contribution is 5.88. The summed E-state index contributed by atoms with van der Waals surface area (Å²) in [6, 6.07) is 23.1. The fraction of sp³-hybridized carbons (Fsp3) is 0. The number of pyridine rings is 1. The molecule has 5 aromatic rings. The zero-order valence-corrected chi connectivity index (χ0v) is 15.0. The number of nitrogens with one attached hydrogen (secondary N) is 1. The SMILES string of the molecule is Cl.O=c1[nH]c2ccccc2n2c(-c3ccccn3)nc(-c3ccccc3)c12. The molecule has 3 heterocycles. The van der Waals surface area contributed by atoms with E-state index in [9.17, 15) is 4.79 Å². The predicted octanol–water partition coefficient (Wildman–Crippen LogP) is 4.33. The van der Waals surface area contributed by atoms with Crippen LogP contribution in [0.4, 0.5) is 0 Å². The molecule has 132 valence electrons. The summed E-state index contributed by atoms with van der Waals surface area (Å²) in [7, 11) is 0. The lowest BCUT2D eigenvalue weighted by atomic mass is 10.1. The highest BCUT2D eigenvalue weighted by Gasteiger charge is 2.19. The van der Waals surface area contributed by atoms with Gasteiger partial charge in [-0.05, 0) is 24.3 Å². The number of imidazole rings is 1. The van der Waals surface area contributed by atoms with E-state index in [1.54, 1.807) is 6.20 Å². The number of para-hydroxylation sites is 2. The Morgan fingerprint density at radius 2 is 1.59 bits per heavy atom. The van der Waals surface area contributed by atoms with Crippen molar-refractivity contribution in [3.8, 4) is 22.8 Å². The molecule has 0 fully saturated rings. The number of H-pyrrole nitrogens is 1. The first-order valence-corrected chi connectivity index (χ1v) is 8.33. The molecule has 0 aliphatic carbocycles. The molecule has 27 heavy (non-hydrogen) atoms. The van der Waals surface area contributed by atoms with Crippen molar-refractivity contribution in [2.75, 3.05) is 0 Å². The number of aromatic amines is 1. The average Bonchev–Trinajstić information content (AvgIpc) is 3.11. The largest absolute Gasteiger partial charge is 0.319 e. The second kappa shape index (κ2) is 6.70. The van der Waals surface area contributed by atoms with Gasteiger partial charge in [-0.2, -0.15) is 0 Å². The van der Waals surface area contributed by atoms with Crippen LogP contribution in [0.1, 0.15) is 0 Å². The lowest BCUT2D eigenvalue weighted by molar-refractivity contribution is 1.14. The van der Waals surface area contributed by atoms with Crippen molar-refractivity contribution in [1.29, 1.82) is 0 Å². The quantitative estimate of drug-likeness (QED) is 0.500. The van der Waals surface area contributed by atoms with E-state index in [4.69, 9.17) is 4.98 Å². The van der Waals surface area contributed by atoms with Gasteiger partial charge in [0.05, 0.1) is 11.0 Å². The van der Waals surface area contributed by atoms with Gasteiger partial charge in [0.1, 0.15) is 16.9 Å². The van der Waals surface area contributed by atoms with Crippen LogP contribution in [0.2, 0.25) is 0 Å². The molecule has 0 saturated carbocycles. The summed E-state index contributed by atoms with van der Waals surface area (Å²) < 4.78 is 1.90. The van der Waals surface area contributed by atoms with Gasteiger partial charge in [0.2, 0.25) is 0 Å². The van der Waals surface area contributed by atoms with Gasteiger partial charge in [0.15, 0.2) is 5.82 Å². The number of rotatable bonds is 2. The molecule has 5 rings (SSSR count). The Kier molecular flexibility index (Phi) is 4.22. The Morgan fingerprint density at radius 3 is 2.37 bits per heavy atom. The fourth-order valence-electron chi connectivity index (χ4n) is 3.28. The molecule has 0 aliphatic heterocycles. The molecule has 3 aromatic heterocycles. The lowest BCUT2D eigenvalue weighted by Gasteiger charge is -2.05. The number of fused-ring (bicyclic) bond motifs is 3. The van der Waals surface area contributed by atoms with Crippen LogP contribution in [0.3, 0.4) is 0 Å². The molecule has 2 aromatic carbocycles. The topological polar surface area (TPSA) is 63.0 Å². The zero-order chi connectivity index (χ0) is 17.5. The Balaban J connectivity index is 0.00000180. The molecular formula is C21H15ClN4O. The number of aromatic nitrogens is 4. The summed E-state index contributed by atoms with van der Waals surface area (Å²) in [5.41, 5.74) is 4.27. The molecule has 0 bridgehead atoms. The van der Waals surface area contributed by atoms with Gasteiger partial charge in [0.25, 0.3) is 5.56 Å². The number of nitrogens with zero attached hydrogens (tertiary/aromatic N) is 3. The minimum atomic E-state index is -0.169. The summed E-state index contributed by atoms with van der Waals surface area (Å²) in [5, 5.41) is 0. The van der Waals surface area contributed by atoms with Crippen LogP contribution in [-0.2, 0) is 0 Å². The first kappa shape index (κ1) is 17.0. The van der Waals surface area contributed by atoms with Crippen LogP contribution in [0.25, 0.3) is 39.3 Å². The second-order valence-corrected chi connectivity index (χ2v) is 6.02. The van der Waals surface area contributed by atoms with Gasteiger partial charge in [0, 0.05) is 11.8 Å². The van der Waals surface area contributed by atoms with E-state index >= 15 is 0 Å². The van der Waals surface area contributed by atoms with Crippen molar-refractivity contribution in [1.82, 2.24) is 19.4 Å². The van der Waals surface area contributed by atoms with Gasteiger partial charge in [-0.25, -0.2) is 4.98 Å². The van der Waals surface area contributed by atoms with Gasteiger partial charge in [-0.3, -0.25) is 14.2 Å². The summed E-state index contributed by atoms with van der Waals surface area (Å²) >= 11 is 0. The van der Waals surface area contributed by atoms with E-state index in [-0.39, 0.29) is 18.0 Å². The van der Waals surface area contributed by atoms with Crippen LogP contribution >= 0.6 is 12.4 Å². The maximum atomic E-state index is 12.9. The summed E-state index contributed by atoms with van der Waals surface area (Å²) in [4.78, 5) is 25.1. The maximum Gasteiger partial charge on any atom is 0.275 e. The first-order valence-electron chi connectivity index (χ1n) is 8.33. The highest BCUT2D eigenvalue weighted by Crippen LogP contribution is 2.29. The van der Waals surface area contributed by atoms with Gasteiger partial charge in [-0.1, -0.05) is 48.5 Å². The Hall–Kier alpha value is -3.44. The monoisotopic (exact) mass is 374 g/mol. The molecule has 0 spiro atoms. The Morgan fingerprint density at radius 1 is 0.852 bits per heavy atom. The normalized spacial score (nSPS) is 10.8. The second-order valence-electron chi connectivity index (χ2n) is 6.02. The summed E-state index contributed by atoms with van der Waals surface area (Å²) in [5.74, 6) is 0.654. The minimum Gasteiger partial charge on any atom is -0.319 e. The van der Waals surface area contributed by atoms with Gasteiger partial charge >= 0.3 is 0 Å². The van der Waals surface area contributed by atoms with Gasteiger partial charge < -0.3 is 4.98 Å². The van der Waals surface area contributed by atoms with Crippen LogP contribution in [0.5, 0.6) is 0 Å². The molecule has 0 atom stereocenters. The molecule has 0 amide bonds. The summed E-state index contributed by atoms with van der Waals surface area (Å²) in [6.07, 6.45) is 1.73. The smallest absolute Gasteiger partial charge is 0.275 e. The van der Waals surface area contributed by atoms with Crippen LogP contribution in [-0.4, -0.2) is 19.4 Å². The van der Waals surface area contributed by atoms with Crippen molar-refractivity contribution in [2.24, 2.45) is 0 Å². The molecule has 5 nitrogen and oxygen atoms in total. The number of halogens is 1. The fourth-order valence-corrected chi connectivity index (χ4v) is 3.28. The first-order chi connectivity index (χ1) is 12.8. The maximum absolute atomic E-state index is 12.9.